The van der Waals surface area contributed by atoms with Gasteiger partial charge in [0.1, 0.15) is 5.82 Å². The molecule has 3 aromatic rings. The van der Waals surface area contributed by atoms with Gasteiger partial charge in [-0.15, -0.1) is 0 Å². The van der Waals surface area contributed by atoms with Gasteiger partial charge < -0.3 is 29.7 Å². The van der Waals surface area contributed by atoms with Gasteiger partial charge in [0.2, 0.25) is 18.6 Å². The van der Waals surface area contributed by atoms with Crippen molar-refractivity contribution in [1.29, 1.82) is 0 Å². The van der Waals surface area contributed by atoms with E-state index >= 15 is 0 Å². The number of carbonyl (C=O) groups is 1. The minimum Gasteiger partial charge on any atom is -0.454 e. The second-order valence-corrected chi connectivity index (χ2v) is 7.93. The monoisotopic (exact) mass is 459 g/mol. The number of benzene rings is 2. The van der Waals surface area contributed by atoms with Crippen molar-refractivity contribution in [3.63, 3.8) is 0 Å². The standard InChI is InChI=1S/C25H25N5O4/c1-17-14-23(30-10-12-32-13-11-30)29-25(26-17)28-20-6-4-19(5-7-20)27-24(31)9-3-18-2-8-21-22(15-18)34-16-33-21/h2-9,14-15H,10-13,16H2,1H3,(H,27,31)(H,26,28,29)/b9-3+. The van der Waals surface area contributed by atoms with Crippen molar-refractivity contribution in [3.8, 4) is 11.5 Å². The van der Waals surface area contributed by atoms with Crippen molar-refractivity contribution in [2.75, 3.05) is 48.6 Å². The Morgan fingerprint density at radius 1 is 0.971 bits per heavy atom. The molecule has 2 N–H and O–H groups in total. The number of carbonyl (C=O) groups excluding carboxylic acids is 1. The lowest BCUT2D eigenvalue weighted by atomic mass is 10.2. The molecule has 0 aliphatic carbocycles. The lowest BCUT2D eigenvalue weighted by molar-refractivity contribution is -0.111. The summed E-state index contributed by atoms with van der Waals surface area (Å²) in [6, 6.07) is 14.9. The molecular weight excluding hydrogens is 434 g/mol. The minimum atomic E-state index is -0.226. The topological polar surface area (TPSA) is 97.8 Å². The zero-order chi connectivity index (χ0) is 23.3. The lowest BCUT2D eigenvalue weighted by Crippen LogP contribution is -2.36. The van der Waals surface area contributed by atoms with E-state index in [0.29, 0.717) is 36.3 Å². The van der Waals surface area contributed by atoms with Gasteiger partial charge in [-0.2, -0.15) is 4.98 Å². The fourth-order valence-corrected chi connectivity index (χ4v) is 3.70. The van der Waals surface area contributed by atoms with Crippen LogP contribution in [0.25, 0.3) is 6.08 Å². The number of hydrogen-bond acceptors (Lipinski definition) is 8. The first-order chi connectivity index (χ1) is 16.6. The fourth-order valence-electron chi connectivity index (χ4n) is 3.70. The Morgan fingerprint density at radius 3 is 2.56 bits per heavy atom. The van der Waals surface area contributed by atoms with Crippen LogP contribution in [0.2, 0.25) is 0 Å². The van der Waals surface area contributed by atoms with Crippen LogP contribution in [0.5, 0.6) is 11.5 Å². The highest BCUT2D eigenvalue weighted by molar-refractivity contribution is 6.02. The normalized spacial score (nSPS) is 14.9. The lowest BCUT2D eigenvalue weighted by Gasteiger charge is -2.28. The average Bonchev–Trinajstić information content (AvgIpc) is 3.32. The summed E-state index contributed by atoms with van der Waals surface area (Å²) in [6.07, 6.45) is 3.21. The van der Waals surface area contributed by atoms with Gasteiger partial charge in [0.15, 0.2) is 11.5 Å². The number of nitrogens with one attached hydrogen (secondary N) is 2. The Morgan fingerprint density at radius 2 is 1.74 bits per heavy atom. The predicted octanol–water partition coefficient (Wildman–Crippen LogP) is 3.75. The van der Waals surface area contributed by atoms with E-state index in [9.17, 15) is 4.79 Å². The van der Waals surface area contributed by atoms with Gasteiger partial charge in [-0.1, -0.05) is 6.07 Å². The molecule has 5 rings (SSSR count). The first kappa shape index (κ1) is 21.7. The van der Waals surface area contributed by atoms with Gasteiger partial charge in [-0.05, 0) is 55.0 Å². The van der Waals surface area contributed by atoms with Crippen LogP contribution in [0.15, 0.2) is 54.6 Å². The summed E-state index contributed by atoms with van der Waals surface area (Å²) in [6.45, 7) is 5.20. The molecular formula is C25H25N5O4. The Hall–Kier alpha value is -4.11. The van der Waals surface area contributed by atoms with Crippen molar-refractivity contribution in [3.05, 3.63) is 65.9 Å². The number of morpholine rings is 1. The number of amides is 1. The van der Waals surface area contributed by atoms with Crippen LogP contribution >= 0.6 is 0 Å². The van der Waals surface area contributed by atoms with Crippen molar-refractivity contribution in [2.45, 2.75) is 6.92 Å². The van der Waals surface area contributed by atoms with Gasteiger partial charge >= 0.3 is 0 Å². The summed E-state index contributed by atoms with van der Waals surface area (Å²) in [7, 11) is 0. The van der Waals surface area contributed by atoms with E-state index in [1.165, 1.54) is 6.08 Å². The van der Waals surface area contributed by atoms with Crippen LogP contribution in [-0.2, 0) is 9.53 Å². The van der Waals surface area contributed by atoms with Crippen LogP contribution in [-0.4, -0.2) is 49.0 Å². The molecule has 2 aromatic carbocycles. The highest BCUT2D eigenvalue weighted by atomic mass is 16.7. The molecule has 1 aromatic heterocycles. The molecule has 0 spiro atoms. The molecule has 2 aliphatic rings. The van der Waals surface area contributed by atoms with E-state index in [1.807, 2.05) is 55.5 Å². The quantitative estimate of drug-likeness (QED) is 0.538. The van der Waals surface area contributed by atoms with Crippen LogP contribution in [0.1, 0.15) is 11.3 Å². The third kappa shape index (κ3) is 5.26. The average molecular weight is 460 g/mol. The summed E-state index contributed by atoms with van der Waals surface area (Å²) < 4.78 is 16.1. The van der Waals surface area contributed by atoms with Crippen LogP contribution < -0.4 is 25.0 Å². The van der Waals surface area contributed by atoms with Crippen LogP contribution in [0, 0.1) is 6.92 Å². The molecule has 1 fully saturated rings. The van der Waals surface area contributed by atoms with Crippen molar-refractivity contribution in [2.24, 2.45) is 0 Å². The fraction of sp³-hybridized carbons (Fsp3) is 0.240. The summed E-state index contributed by atoms with van der Waals surface area (Å²) in [5.74, 6) is 2.58. The first-order valence-electron chi connectivity index (χ1n) is 11.1. The summed E-state index contributed by atoms with van der Waals surface area (Å²) in [5.41, 5.74) is 3.25. The molecule has 9 heteroatoms. The molecule has 0 atom stereocenters. The number of anilines is 4. The third-order valence-corrected chi connectivity index (χ3v) is 5.41. The molecule has 3 heterocycles. The van der Waals surface area contributed by atoms with Gasteiger partial charge in [-0.25, -0.2) is 4.98 Å². The number of hydrogen-bond donors (Lipinski definition) is 2. The molecule has 2 aliphatic heterocycles. The zero-order valence-corrected chi connectivity index (χ0v) is 18.8. The molecule has 0 radical (unpaired) electrons. The molecule has 1 amide bonds. The third-order valence-electron chi connectivity index (χ3n) is 5.41. The maximum atomic E-state index is 12.3. The molecule has 0 unspecified atom stereocenters. The first-order valence-corrected chi connectivity index (χ1v) is 11.1. The van der Waals surface area contributed by atoms with Crippen LogP contribution in [0.3, 0.4) is 0 Å². The minimum absolute atomic E-state index is 0.221. The summed E-state index contributed by atoms with van der Waals surface area (Å²) in [5, 5.41) is 6.10. The van der Waals surface area contributed by atoms with E-state index < -0.39 is 0 Å². The predicted molar refractivity (Wildman–Crippen MR) is 130 cm³/mol. The van der Waals surface area contributed by atoms with Gasteiger partial charge in [0, 0.05) is 42.3 Å². The largest absolute Gasteiger partial charge is 0.454 e. The Labute approximate surface area is 197 Å². The summed E-state index contributed by atoms with van der Waals surface area (Å²) in [4.78, 5) is 23.7. The molecule has 174 valence electrons. The Balaban J connectivity index is 1.19. The van der Waals surface area contributed by atoms with Crippen molar-refractivity contribution >= 4 is 35.1 Å². The number of nitrogens with zero attached hydrogens (tertiary/aromatic N) is 3. The van der Waals surface area contributed by atoms with Crippen LogP contribution in [0.4, 0.5) is 23.1 Å². The number of aromatic nitrogens is 2. The molecule has 9 nitrogen and oxygen atoms in total. The zero-order valence-electron chi connectivity index (χ0n) is 18.8. The van der Waals surface area contributed by atoms with E-state index in [-0.39, 0.29) is 12.7 Å². The van der Waals surface area contributed by atoms with E-state index in [4.69, 9.17) is 14.2 Å². The Bertz CT molecular complexity index is 1210. The Kier molecular flexibility index (Phi) is 6.26. The number of rotatable bonds is 6. The van der Waals surface area contributed by atoms with Gasteiger partial charge in [-0.3, -0.25) is 4.79 Å². The van der Waals surface area contributed by atoms with E-state index in [0.717, 1.165) is 35.9 Å². The second kappa shape index (κ2) is 9.80. The second-order valence-electron chi connectivity index (χ2n) is 7.93. The summed E-state index contributed by atoms with van der Waals surface area (Å²) >= 11 is 0. The number of fused-ring (bicyclic) bond motifs is 1. The van der Waals surface area contributed by atoms with E-state index in [2.05, 4.69) is 25.5 Å². The molecule has 0 saturated carbocycles. The van der Waals surface area contributed by atoms with Gasteiger partial charge in [0.05, 0.1) is 13.2 Å². The molecule has 34 heavy (non-hydrogen) atoms. The maximum Gasteiger partial charge on any atom is 0.248 e. The molecule has 1 saturated heterocycles. The SMILES string of the molecule is Cc1cc(N2CCOCC2)nc(Nc2ccc(NC(=O)/C=C/c3ccc4c(c3)OCO4)cc2)n1. The number of aryl methyl sites for hydroxylation is 1. The van der Waals surface area contributed by atoms with Gasteiger partial charge in [0.25, 0.3) is 0 Å². The highest BCUT2D eigenvalue weighted by Crippen LogP contribution is 2.32. The van der Waals surface area contributed by atoms with Crippen molar-refractivity contribution < 1.29 is 19.0 Å². The molecule has 0 bridgehead atoms. The van der Waals surface area contributed by atoms with E-state index in [1.54, 1.807) is 6.08 Å². The smallest absolute Gasteiger partial charge is 0.248 e. The van der Waals surface area contributed by atoms with Crippen molar-refractivity contribution in [1.82, 2.24) is 9.97 Å². The maximum absolute atomic E-state index is 12.3. The number of ether oxygens (including phenoxy) is 3. The highest BCUT2D eigenvalue weighted by Gasteiger charge is 2.15.